The number of halogens is 3. The average Bonchev–Trinajstić information content (AvgIpc) is 2.25. The number of hydrogen-bond acceptors (Lipinski definition) is 3. The Kier molecular flexibility index (Phi) is 3.01. The number of pyridine rings is 1. The van der Waals surface area contributed by atoms with Crippen molar-refractivity contribution >= 4 is 44.1 Å². The van der Waals surface area contributed by atoms with Crippen molar-refractivity contribution in [1.29, 1.82) is 0 Å². The maximum atomic E-state index is 13.5. The van der Waals surface area contributed by atoms with Gasteiger partial charge in [0, 0.05) is 5.39 Å². The lowest BCUT2D eigenvalue weighted by molar-refractivity contribution is -0.384. The standard InChI is InChI=1S/C10H5BrClFN2O2/c1-4-2-5(13)8(11)7-9(12)6(15(16)17)3-14-10(4)7/h2-3H,1H3. The maximum Gasteiger partial charge on any atom is 0.306 e. The smallest absolute Gasteiger partial charge is 0.258 e. The molecular weight excluding hydrogens is 314 g/mol. The van der Waals surface area contributed by atoms with Crippen LogP contribution >= 0.6 is 27.5 Å². The third-order valence-electron chi connectivity index (χ3n) is 2.34. The summed E-state index contributed by atoms with van der Waals surface area (Å²) >= 11 is 8.93. The minimum Gasteiger partial charge on any atom is -0.258 e. The molecule has 1 aromatic carbocycles. The van der Waals surface area contributed by atoms with Crippen LogP contribution in [0.1, 0.15) is 5.56 Å². The highest BCUT2D eigenvalue weighted by molar-refractivity contribution is 9.10. The fourth-order valence-electron chi connectivity index (χ4n) is 1.55. The van der Waals surface area contributed by atoms with Gasteiger partial charge in [-0.25, -0.2) is 9.37 Å². The van der Waals surface area contributed by atoms with Crippen LogP contribution in [0.3, 0.4) is 0 Å². The van der Waals surface area contributed by atoms with Gasteiger partial charge in [-0.15, -0.1) is 0 Å². The molecule has 0 radical (unpaired) electrons. The van der Waals surface area contributed by atoms with E-state index in [9.17, 15) is 14.5 Å². The van der Waals surface area contributed by atoms with Crippen molar-refractivity contribution in [2.24, 2.45) is 0 Å². The summed E-state index contributed by atoms with van der Waals surface area (Å²) in [5.74, 6) is -0.529. The second-order valence-corrected chi connectivity index (χ2v) is 4.60. The third-order valence-corrected chi connectivity index (χ3v) is 3.50. The topological polar surface area (TPSA) is 56.0 Å². The molecule has 0 aliphatic carbocycles. The lowest BCUT2D eigenvalue weighted by Crippen LogP contribution is -1.95. The summed E-state index contributed by atoms with van der Waals surface area (Å²) in [6.45, 7) is 1.66. The Morgan fingerprint density at radius 2 is 2.24 bits per heavy atom. The molecule has 0 saturated heterocycles. The number of aromatic nitrogens is 1. The first-order chi connectivity index (χ1) is 7.93. The van der Waals surface area contributed by atoms with E-state index in [0.29, 0.717) is 11.1 Å². The van der Waals surface area contributed by atoms with Gasteiger partial charge in [-0.05, 0) is 34.5 Å². The van der Waals surface area contributed by atoms with Crippen LogP contribution in [0.2, 0.25) is 5.02 Å². The van der Waals surface area contributed by atoms with E-state index < -0.39 is 10.7 Å². The Labute approximate surface area is 109 Å². The highest BCUT2D eigenvalue weighted by Gasteiger charge is 2.20. The van der Waals surface area contributed by atoms with Crippen molar-refractivity contribution in [3.63, 3.8) is 0 Å². The average molecular weight is 320 g/mol. The molecule has 0 spiro atoms. The second kappa shape index (κ2) is 4.19. The molecule has 0 bridgehead atoms. The Hall–Kier alpha value is -1.27. The minimum absolute atomic E-state index is 0.0827. The number of nitrogens with zero attached hydrogens (tertiary/aromatic N) is 2. The van der Waals surface area contributed by atoms with Gasteiger partial charge >= 0.3 is 5.69 Å². The van der Waals surface area contributed by atoms with Crippen LogP contribution in [0.5, 0.6) is 0 Å². The molecule has 2 rings (SSSR count). The molecule has 0 unspecified atom stereocenters. The molecule has 0 atom stereocenters. The Balaban J connectivity index is 2.98. The summed E-state index contributed by atoms with van der Waals surface area (Å²) in [7, 11) is 0. The molecule has 2 aromatic rings. The fourth-order valence-corrected chi connectivity index (χ4v) is 2.46. The summed E-state index contributed by atoms with van der Waals surface area (Å²) in [4.78, 5) is 14.0. The predicted octanol–water partition coefficient (Wildman–Crippen LogP) is 4.01. The molecule has 0 N–H and O–H groups in total. The van der Waals surface area contributed by atoms with Gasteiger partial charge < -0.3 is 0 Å². The predicted molar refractivity (Wildman–Crippen MR) is 65.8 cm³/mol. The van der Waals surface area contributed by atoms with Crippen LogP contribution in [0.25, 0.3) is 10.9 Å². The second-order valence-electron chi connectivity index (χ2n) is 3.43. The van der Waals surface area contributed by atoms with Crippen LogP contribution in [0, 0.1) is 22.9 Å². The van der Waals surface area contributed by atoms with E-state index >= 15 is 0 Å². The van der Waals surface area contributed by atoms with E-state index in [0.717, 1.165) is 6.20 Å². The van der Waals surface area contributed by atoms with Crippen molar-refractivity contribution in [2.75, 3.05) is 0 Å². The molecule has 1 aromatic heterocycles. The molecule has 1 heterocycles. The maximum absolute atomic E-state index is 13.5. The summed E-state index contributed by atoms with van der Waals surface area (Å²) in [6.07, 6.45) is 1.07. The summed E-state index contributed by atoms with van der Waals surface area (Å²) in [5, 5.41) is 10.8. The third kappa shape index (κ3) is 1.87. The molecule has 7 heteroatoms. The highest BCUT2D eigenvalue weighted by atomic mass is 79.9. The summed E-state index contributed by atoms with van der Waals surface area (Å²) in [6, 6.07) is 1.29. The van der Waals surface area contributed by atoms with Crippen LogP contribution < -0.4 is 0 Å². The van der Waals surface area contributed by atoms with Gasteiger partial charge in [0.05, 0.1) is 14.9 Å². The quantitative estimate of drug-likeness (QED) is 0.589. The SMILES string of the molecule is Cc1cc(F)c(Br)c2c(Cl)c([N+](=O)[O-])cnc12. The van der Waals surface area contributed by atoms with Gasteiger partial charge in [-0.1, -0.05) is 11.6 Å². The van der Waals surface area contributed by atoms with Crippen LogP contribution in [-0.4, -0.2) is 9.91 Å². The zero-order valence-electron chi connectivity index (χ0n) is 8.50. The first kappa shape index (κ1) is 12.2. The first-order valence-electron chi connectivity index (χ1n) is 4.50. The molecular formula is C10H5BrClFN2O2. The molecule has 4 nitrogen and oxygen atoms in total. The number of hydrogen-bond donors (Lipinski definition) is 0. The lowest BCUT2D eigenvalue weighted by Gasteiger charge is -2.07. The van der Waals surface area contributed by atoms with E-state index in [1.54, 1.807) is 6.92 Å². The molecule has 0 fully saturated rings. The van der Waals surface area contributed by atoms with Gasteiger partial charge in [0.25, 0.3) is 0 Å². The van der Waals surface area contributed by atoms with Crippen molar-refractivity contribution < 1.29 is 9.31 Å². The van der Waals surface area contributed by atoms with Gasteiger partial charge in [-0.2, -0.15) is 0 Å². The van der Waals surface area contributed by atoms with Gasteiger partial charge in [0.1, 0.15) is 17.0 Å². The lowest BCUT2D eigenvalue weighted by atomic mass is 10.1. The van der Waals surface area contributed by atoms with Crippen LogP contribution in [0.15, 0.2) is 16.7 Å². The molecule has 0 amide bonds. The number of nitro groups is 1. The zero-order valence-corrected chi connectivity index (χ0v) is 10.8. The molecule has 0 aliphatic heterocycles. The Morgan fingerprint density at radius 3 is 2.82 bits per heavy atom. The van der Waals surface area contributed by atoms with Crippen molar-refractivity contribution in [2.45, 2.75) is 6.92 Å². The fraction of sp³-hybridized carbons (Fsp3) is 0.100. The van der Waals surface area contributed by atoms with Crippen LogP contribution in [0.4, 0.5) is 10.1 Å². The van der Waals surface area contributed by atoms with E-state index in [-0.39, 0.29) is 20.6 Å². The largest absolute Gasteiger partial charge is 0.306 e. The van der Waals surface area contributed by atoms with Gasteiger partial charge in [0.2, 0.25) is 0 Å². The normalized spacial score (nSPS) is 10.8. The number of aryl methyl sites for hydroxylation is 1. The zero-order chi connectivity index (χ0) is 12.7. The molecule has 17 heavy (non-hydrogen) atoms. The number of rotatable bonds is 1. The van der Waals surface area contributed by atoms with Crippen molar-refractivity contribution in [3.05, 3.63) is 43.3 Å². The Bertz CT molecular complexity index is 648. The van der Waals surface area contributed by atoms with E-state index in [1.165, 1.54) is 6.07 Å². The molecule has 88 valence electrons. The monoisotopic (exact) mass is 318 g/mol. The first-order valence-corrected chi connectivity index (χ1v) is 5.67. The Morgan fingerprint density at radius 1 is 1.59 bits per heavy atom. The van der Waals surface area contributed by atoms with Crippen molar-refractivity contribution in [3.8, 4) is 0 Å². The van der Waals surface area contributed by atoms with E-state index in [1.807, 2.05) is 0 Å². The number of fused-ring (bicyclic) bond motifs is 1. The van der Waals surface area contributed by atoms with E-state index in [4.69, 9.17) is 11.6 Å². The van der Waals surface area contributed by atoms with Gasteiger partial charge in [0.15, 0.2) is 0 Å². The summed E-state index contributed by atoms with van der Waals surface area (Å²) in [5.41, 5.74) is 0.663. The van der Waals surface area contributed by atoms with E-state index in [2.05, 4.69) is 20.9 Å². The molecule has 0 aliphatic rings. The number of benzene rings is 1. The van der Waals surface area contributed by atoms with Crippen molar-refractivity contribution in [1.82, 2.24) is 4.98 Å². The minimum atomic E-state index is -0.651. The van der Waals surface area contributed by atoms with Crippen LogP contribution in [-0.2, 0) is 0 Å². The summed E-state index contributed by atoms with van der Waals surface area (Å²) < 4.78 is 13.6. The highest BCUT2D eigenvalue weighted by Crippen LogP contribution is 2.38. The molecule has 0 saturated carbocycles. The van der Waals surface area contributed by atoms with Gasteiger partial charge in [-0.3, -0.25) is 10.1 Å².